The minimum absolute atomic E-state index is 0.0495. The fourth-order valence-corrected chi connectivity index (χ4v) is 3.60. The number of fused-ring (bicyclic) bond motifs is 1. The van der Waals surface area contributed by atoms with Crippen LogP contribution in [0.1, 0.15) is 24.0 Å². The Morgan fingerprint density at radius 2 is 1.84 bits per heavy atom. The molecule has 38 heavy (non-hydrogen) atoms. The Morgan fingerprint density at radius 3 is 2.58 bits per heavy atom. The molecule has 0 aliphatic carbocycles. The molecular weight excluding hydrogens is 492 g/mol. The Kier molecular flexibility index (Phi) is 9.80. The van der Waals surface area contributed by atoms with Gasteiger partial charge in [0.05, 0.1) is 0 Å². The van der Waals surface area contributed by atoms with Crippen LogP contribution in [0.5, 0.6) is 0 Å². The number of carbonyl (C=O) groups excluding carboxylic acids is 3. The maximum absolute atomic E-state index is 13.0. The van der Waals surface area contributed by atoms with E-state index in [4.69, 9.17) is 20.3 Å². The first kappa shape index (κ1) is 27.7. The monoisotopic (exact) mass is 522 g/mol. The van der Waals surface area contributed by atoms with Crippen molar-refractivity contribution in [3.63, 3.8) is 0 Å². The molecule has 1 atom stereocenters. The van der Waals surface area contributed by atoms with Crippen molar-refractivity contribution in [2.75, 3.05) is 18.4 Å². The number of amides is 3. The molecule has 0 unspecified atom stereocenters. The van der Waals surface area contributed by atoms with Crippen molar-refractivity contribution in [2.45, 2.75) is 32.4 Å². The number of carbonyl (C=O) groups is 3. The molecule has 0 aliphatic rings. The van der Waals surface area contributed by atoms with Crippen LogP contribution >= 0.6 is 0 Å². The van der Waals surface area contributed by atoms with Crippen molar-refractivity contribution in [3.8, 4) is 0 Å². The summed E-state index contributed by atoms with van der Waals surface area (Å²) in [6, 6.07) is 14.4. The molecule has 0 bridgehead atoms. The smallest absolute Gasteiger partial charge is 0.407 e. The second-order valence-electron chi connectivity index (χ2n) is 8.47. The minimum atomic E-state index is -0.960. The zero-order chi connectivity index (χ0) is 27.5. The summed E-state index contributed by atoms with van der Waals surface area (Å²) in [4.78, 5) is 49.2. The predicted molar refractivity (Wildman–Crippen MR) is 142 cm³/mol. The van der Waals surface area contributed by atoms with Crippen LogP contribution in [-0.4, -0.2) is 43.0 Å². The van der Waals surface area contributed by atoms with Gasteiger partial charge in [-0.15, -0.1) is 0 Å². The van der Waals surface area contributed by atoms with Gasteiger partial charge in [-0.25, -0.2) is 9.59 Å². The van der Waals surface area contributed by atoms with Crippen LogP contribution in [0.15, 0.2) is 63.8 Å². The number of anilines is 1. The SMILES string of the molecule is Cc1cc(=O)oc2cc(NC(=O)[C@H](CCCNC(=N)N)NC(=O)CNC(=O)OCc3ccccc3)ccc12. The topological polar surface area (TPSA) is 189 Å². The molecule has 200 valence electrons. The molecule has 0 saturated carbocycles. The number of rotatable bonds is 11. The Balaban J connectivity index is 1.59. The number of nitrogens with two attached hydrogens (primary N) is 1. The van der Waals surface area contributed by atoms with Crippen molar-refractivity contribution >= 4 is 40.5 Å². The molecule has 12 nitrogen and oxygen atoms in total. The third kappa shape index (κ3) is 8.66. The second kappa shape index (κ2) is 13.4. The number of benzene rings is 2. The molecule has 0 spiro atoms. The van der Waals surface area contributed by atoms with Crippen molar-refractivity contribution in [1.29, 1.82) is 5.41 Å². The molecule has 0 radical (unpaired) electrons. The number of ether oxygens (including phenoxy) is 1. The minimum Gasteiger partial charge on any atom is -0.445 e. The van der Waals surface area contributed by atoms with Gasteiger partial charge in [0.25, 0.3) is 0 Å². The van der Waals surface area contributed by atoms with Gasteiger partial charge in [-0.3, -0.25) is 15.0 Å². The number of aryl methyl sites for hydroxylation is 1. The first-order chi connectivity index (χ1) is 18.2. The summed E-state index contributed by atoms with van der Waals surface area (Å²) in [5, 5.41) is 18.3. The Labute approximate surface area is 218 Å². The van der Waals surface area contributed by atoms with E-state index < -0.39 is 36.1 Å². The first-order valence-electron chi connectivity index (χ1n) is 11.9. The quantitative estimate of drug-likeness (QED) is 0.0949. The van der Waals surface area contributed by atoms with Crippen LogP contribution in [0.2, 0.25) is 0 Å². The van der Waals surface area contributed by atoms with Gasteiger partial charge < -0.3 is 36.2 Å². The third-order valence-electron chi connectivity index (χ3n) is 5.46. The predicted octanol–water partition coefficient (Wildman–Crippen LogP) is 1.71. The maximum Gasteiger partial charge on any atom is 0.407 e. The number of hydrogen-bond acceptors (Lipinski definition) is 7. The lowest BCUT2D eigenvalue weighted by molar-refractivity contribution is -0.126. The van der Waals surface area contributed by atoms with E-state index in [0.29, 0.717) is 24.2 Å². The van der Waals surface area contributed by atoms with Crippen LogP contribution in [0.25, 0.3) is 11.0 Å². The summed E-state index contributed by atoms with van der Waals surface area (Å²) in [5.74, 6) is -1.31. The number of nitrogens with one attached hydrogen (secondary N) is 5. The normalized spacial score (nSPS) is 11.3. The summed E-state index contributed by atoms with van der Waals surface area (Å²) in [7, 11) is 0. The lowest BCUT2D eigenvalue weighted by Gasteiger charge is -2.19. The van der Waals surface area contributed by atoms with E-state index in [1.165, 1.54) is 12.1 Å². The van der Waals surface area contributed by atoms with Gasteiger partial charge in [-0.1, -0.05) is 30.3 Å². The summed E-state index contributed by atoms with van der Waals surface area (Å²) >= 11 is 0. The summed E-state index contributed by atoms with van der Waals surface area (Å²) in [6.45, 7) is 1.75. The first-order valence-corrected chi connectivity index (χ1v) is 11.9. The van der Waals surface area contributed by atoms with Crippen LogP contribution in [-0.2, 0) is 20.9 Å². The van der Waals surface area contributed by atoms with E-state index in [-0.39, 0.29) is 19.0 Å². The highest BCUT2D eigenvalue weighted by Gasteiger charge is 2.21. The van der Waals surface area contributed by atoms with Gasteiger partial charge in [0.2, 0.25) is 11.8 Å². The highest BCUT2D eigenvalue weighted by atomic mass is 16.5. The highest BCUT2D eigenvalue weighted by molar-refractivity contribution is 5.99. The van der Waals surface area contributed by atoms with E-state index in [9.17, 15) is 19.2 Å². The van der Waals surface area contributed by atoms with Crippen LogP contribution < -0.4 is 32.6 Å². The number of alkyl carbamates (subject to hydrolysis) is 1. The Bertz CT molecular complexity index is 1360. The lowest BCUT2D eigenvalue weighted by Crippen LogP contribution is -2.47. The van der Waals surface area contributed by atoms with Crippen molar-refractivity contribution in [1.82, 2.24) is 16.0 Å². The van der Waals surface area contributed by atoms with E-state index in [1.807, 2.05) is 18.2 Å². The summed E-state index contributed by atoms with van der Waals surface area (Å²) in [6.07, 6.45) is -0.141. The van der Waals surface area contributed by atoms with Crippen LogP contribution in [0, 0.1) is 12.3 Å². The fourth-order valence-electron chi connectivity index (χ4n) is 3.60. The second-order valence-corrected chi connectivity index (χ2v) is 8.47. The van der Waals surface area contributed by atoms with Crippen molar-refractivity contribution in [2.24, 2.45) is 5.73 Å². The van der Waals surface area contributed by atoms with Crippen molar-refractivity contribution < 1.29 is 23.5 Å². The van der Waals surface area contributed by atoms with Crippen LogP contribution in [0.3, 0.4) is 0 Å². The van der Waals surface area contributed by atoms with Crippen LogP contribution in [0.4, 0.5) is 10.5 Å². The molecule has 3 aromatic rings. The highest BCUT2D eigenvalue weighted by Crippen LogP contribution is 2.21. The van der Waals surface area contributed by atoms with E-state index in [0.717, 1.165) is 16.5 Å². The van der Waals surface area contributed by atoms with Gasteiger partial charge in [0, 0.05) is 29.8 Å². The average Bonchev–Trinajstić information content (AvgIpc) is 2.88. The molecule has 0 fully saturated rings. The van der Waals surface area contributed by atoms with Gasteiger partial charge >= 0.3 is 11.7 Å². The molecule has 0 saturated heterocycles. The molecule has 7 N–H and O–H groups in total. The Morgan fingerprint density at radius 1 is 1.08 bits per heavy atom. The zero-order valence-electron chi connectivity index (χ0n) is 20.8. The standard InChI is InChI=1S/C26H30N6O6/c1-16-12-23(34)38-21-13-18(9-10-19(16)21)31-24(35)20(8-5-11-29-25(27)28)32-22(33)14-30-26(36)37-15-17-6-3-2-4-7-17/h2-4,6-7,9-10,12-13,20H,5,8,11,14-15H2,1H3,(H,30,36)(H,31,35)(H,32,33)(H4,27,28,29)/t20-/m0/s1. The Hall–Kier alpha value is -4.87. The molecule has 1 aromatic heterocycles. The molecule has 2 aromatic carbocycles. The molecule has 12 heteroatoms. The third-order valence-corrected chi connectivity index (χ3v) is 5.46. The molecule has 0 aliphatic heterocycles. The average molecular weight is 523 g/mol. The molecule has 3 rings (SSSR count). The number of guanidine groups is 1. The summed E-state index contributed by atoms with van der Waals surface area (Å²) in [5.41, 5.74) is 7.02. The maximum atomic E-state index is 13.0. The number of hydrogen-bond donors (Lipinski definition) is 6. The molecule has 1 heterocycles. The zero-order valence-corrected chi connectivity index (χ0v) is 20.8. The van der Waals surface area contributed by atoms with Gasteiger partial charge in [0.1, 0.15) is 24.8 Å². The van der Waals surface area contributed by atoms with E-state index >= 15 is 0 Å². The lowest BCUT2D eigenvalue weighted by atomic mass is 10.1. The van der Waals surface area contributed by atoms with Gasteiger partial charge in [-0.2, -0.15) is 0 Å². The van der Waals surface area contributed by atoms with Crippen molar-refractivity contribution in [3.05, 3.63) is 76.1 Å². The fraction of sp³-hybridized carbons (Fsp3) is 0.269. The molecule has 3 amide bonds. The molecular formula is C26H30N6O6. The largest absolute Gasteiger partial charge is 0.445 e. The van der Waals surface area contributed by atoms with E-state index in [2.05, 4.69) is 21.3 Å². The van der Waals surface area contributed by atoms with Gasteiger partial charge in [0.15, 0.2) is 5.96 Å². The van der Waals surface area contributed by atoms with Gasteiger partial charge in [-0.05, 0) is 43.0 Å². The van der Waals surface area contributed by atoms with E-state index in [1.54, 1.807) is 31.2 Å². The summed E-state index contributed by atoms with van der Waals surface area (Å²) < 4.78 is 10.3.